The first-order valence-corrected chi connectivity index (χ1v) is 16.6. The van der Waals surface area contributed by atoms with Crippen LogP contribution in [0.1, 0.15) is 24.2 Å². The van der Waals surface area contributed by atoms with Crippen LogP contribution in [-0.4, -0.2) is 19.3 Å². The highest BCUT2D eigenvalue weighted by atomic mass is 35.5. The highest BCUT2D eigenvalue weighted by molar-refractivity contribution is 6.33. The number of imidazole rings is 2. The average Bonchev–Trinajstić information content (AvgIpc) is 3.73. The van der Waals surface area contributed by atoms with Gasteiger partial charge in [-0.1, -0.05) is 144 Å². The van der Waals surface area contributed by atoms with Crippen LogP contribution in [0.4, 0.5) is 0 Å². The zero-order valence-electron chi connectivity index (χ0n) is 25.8. The Morgan fingerprint density at radius 2 is 1.15 bits per heavy atom. The van der Waals surface area contributed by atoms with Crippen molar-refractivity contribution in [1.29, 1.82) is 0 Å². The molecule has 2 aliphatic carbocycles. The quantitative estimate of drug-likeness (QED) is 0.160. The highest BCUT2D eigenvalue weighted by Gasteiger charge is 2.31. The van der Waals surface area contributed by atoms with Crippen molar-refractivity contribution >= 4 is 34.3 Å². The molecule has 48 heavy (non-hydrogen) atoms. The van der Waals surface area contributed by atoms with Gasteiger partial charge in [-0.25, -0.2) is 19.3 Å². The van der Waals surface area contributed by atoms with Gasteiger partial charge in [-0.2, -0.15) is 0 Å². The monoisotopic (exact) mass is 658 g/mol. The Balaban J connectivity index is 1.61. The molecule has 2 heterocycles. The summed E-state index contributed by atoms with van der Waals surface area (Å²) in [6, 6.07) is 36.2. The molecule has 8 rings (SSSR count). The van der Waals surface area contributed by atoms with Crippen molar-refractivity contribution in [2.24, 2.45) is 0 Å². The van der Waals surface area contributed by atoms with E-state index in [1.165, 1.54) is 0 Å². The molecule has 0 aliphatic heterocycles. The second-order valence-electron chi connectivity index (χ2n) is 11.4. The maximum absolute atomic E-state index is 7.02. The molecule has 0 fully saturated rings. The molecule has 2 aliphatic rings. The number of allylic oxidation sites excluding steroid dienone is 8. The van der Waals surface area contributed by atoms with Gasteiger partial charge < -0.3 is 0 Å². The van der Waals surface area contributed by atoms with Crippen LogP contribution in [0.3, 0.4) is 0 Å². The summed E-state index contributed by atoms with van der Waals surface area (Å²) in [5.74, 6) is 1.33. The van der Waals surface area contributed by atoms with Crippen LogP contribution >= 0.6 is 23.2 Å². The molecular weight excluding hydrogens is 631 g/mol. The van der Waals surface area contributed by atoms with E-state index in [-0.39, 0.29) is 0 Å². The summed E-state index contributed by atoms with van der Waals surface area (Å²) in [6.45, 7) is 0. The third-order valence-electron chi connectivity index (χ3n) is 8.46. The smallest absolute Gasteiger partial charge is 0.162 e. The van der Waals surface area contributed by atoms with Crippen LogP contribution in [0, 0.1) is 0 Å². The summed E-state index contributed by atoms with van der Waals surface area (Å²) >= 11 is 14.0. The Labute approximate surface area is 289 Å². The Hall–Kier alpha value is -5.60. The fourth-order valence-corrected chi connectivity index (χ4v) is 6.70. The lowest BCUT2D eigenvalue weighted by atomic mass is 9.98. The van der Waals surface area contributed by atoms with E-state index in [0.717, 1.165) is 69.0 Å². The molecule has 0 unspecified atom stereocenters. The van der Waals surface area contributed by atoms with Gasteiger partial charge in [0, 0.05) is 22.3 Å². The third kappa shape index (κ3) is 5.34. The van der Waals surface area contributed by atoms with Gasteiger partial charge in [0.1, 0.15) is 5.69 Å². The molecular formula is C42H28Cl2N4. The van der Waals surface area contributed by atoms with Crippen molar-refractivity contribution in [3.63, 3.8) is 0 Å². The van der Waals surface area contributed by atoms with E-state index in [9.17, 15) is 0 Å². The van der Waals surface area contributed by atoms with Crippen molar-refractivity contribution in [2.75, 3.05) is 0 Å². The fourth-order valence-electron chi connectivity index (χ4n) is 6.26. The Morgan fingerprint density at radius 1 is 0.604 bits per heavy atom. The summed E-state index contributed by atoms with van der Waals surface area (Å²) < 4.78 is 4.33. The highest BCUT2D eigenvalue weighted by Crippen LogP contribution is 2.43. The zero-order chi connectivity index (χ0) is 32.5. The minimum Gasteiger partial charge on any atom is -0.226 e. The standard InChI is InChI=1S/C42H28Cl2N4/c43-35-27-15-13-25-33(35)41-45-37(29-17-5-1-6-18-29)39(31-21-9-3-10-22-31)47(41)48-40(32-23-11-4-12-24-32)38(30-19-7-2-8-20-30)46-42(48)34-26-14-16-28-36(34)44/h1-9,11,13-21,23,25-28H,10,22H2. The number of hydrogen-bond donors (Lipinski definition) is 0. The first-order chi connectivity index (χ1) is 23.7. The Morgan fingerprint density at radius 3 is 1.67 bits per heavy atom. The Kier molecular flexibility index (Phi) is 8.00. The van der Waals surface area contributed by atoms with Crippen molar-refractivity contribution in [3.05, 3.63) is 179 Å². The van der Waals surface area contributed by atoms with Crippen molar-refractivity contribution in [2.45, 2.75) is 12.8 Å². The number of halogens is 2. The molecule has 0 saturated heterocycles. The lowest BCUT2D eigenvalue weighted by Gasteiger charge is -2.22. The Bertz CT molecular complexity index is 2380. The van der Waals surface area contributed by atoms with Gasteiger partial charge in [0.2, 0.25) is 0 Å². The first-order valence-electron chi connectivity index (χ1n) is 15.8. The molecule has 6 aromatic rings. The maximum atomic E-state index is 7.02. The van der Waals surface area contributed by atoms with Crippen LogP contribution in [0.5, 0.6) is 0 Å². The molecule has 4 nitrogen and oxygen atoms in total. The van der Waals surface area contributed by atoms with E-state index in [0.29, 0.717) is 21.7 Å². The molecule has 0 saturated carbocycles. The van der Waals surface area contributed by atoms with Crippen molar-refractivity contribution in [1.82, 2.24) is 19.3 Å². The fraction of sp³-hybridized carbons (Fsp3) is 0.0476. The molecule has 0 N–H and O–H groups in total. The van der Waals surface area contributed by atoms with E-state index in [4.69, 9.17) is 33.2 Å². The van der Waals surface area contributed by atoms with Gasteiger partial charge in [-0.3, -0.25) is 0 Å². The van der Waals surface area contributed by atoms with Crippen molar-refractivity contribution < 1.29 is 0 Å². The molecule has 6 heteroatoms. The predicted molar refractivity (Wildman–Crippen MR) is 198 cm³/mol. The zero-order valence-corrected chi connectivity index (χ0v) is 27.3. The molecule has 2 aromatic heterocycles. The average molecular weight is 660 g/mol. The van der Waals surface area contributed by atoms with Crippen molar-refractivity contribution in [3.8, 4) is 45.3 Å². The van der Waals surface area contributed by atoms with E-state index in [2.05, 4.69) is 63.3 Å². The summed E-state index contributed by atoms with van der Waals surface area (Å²) in [4.78, 5) is 10.9. The molecule has 230 valence electrons. The normalized spacial score (nSPS) is 13.5. The summed E-state index contributed by atoms with van der Waals surface area (Å²) in [7, 11) is 0. The lowest BCUT2D eigenvalue weighted by Crippen LogP contribution is -2.19. The third-order valence-corrected chi connectivity index (χ3v) is 9.11. The van der Waals surface area contributed by atoms with Gasteiger partial charge in [0.15, 0.2) is 11.6 Å². The lowest BCUT2D eigenvalue weighted by molar-refractivity contribution is 0.656. The van der Waals surface area contributed by atoms with Crippen LogP contribution in [0.15, 0.2) is 157 Å². The van der Waals surface area contributed by atoms with Gasteiger partial charge in [0.05, 0.1) is 32.7 Å². The summed E-state index contributed by atoms with van der Waals surface area (Å²) in [5, 5.41) is 1.18. The van der Waals surface area contributed by atoms with Crippen LogP contribution < -0.4 is 0 Å². The minimum atomic E-state index is 0.586. The summed E-state index contributed by atoms with van der Waals surface area (Å²) in [5.41, 5.74) is 15.5. The maximum Gasteiger partial charge on any atom is 0.162 e. The number of aromatic nitrogens is 4. The molecule has 4 aromatic carbocycles. The van der Waals surface area contributed by atoms with E-state index < -0.39 is 0 Å². The SMILES string of the molecule is Clc1ccccc1-c1nc(-c2ccccc2)c(C2=C=C=CC=C2)n1-n1c(-c2ccccc2Cl)nc(-c2ccccc2)c1C1=CC=CCC1. The predicted octanol–water partition coefficient (Wildman–Crippen LogP) is 11.4. The van der Waals surface area contributed by atoms with E-state index >= 15 is 0 Å². The van der Waals surface area contributed by atoms with E-state index in [1.807, 2.05) is 103 Å². The number of nitrogens with zero attached hydrogens (tertiary/aromatic N) is 4. The number of benzene rings is 4. The van der Waals surface area contributed by atoms with Crippen LogP contribution in [0.2, 0.25) is 10.0 Å². The molecule has 0 spiro atoms. The first kappa shape index (κ1) is 29.8. The minimum absolute atomic E-state index is 0.586. The molecule has 0 amide bonds. The summed E-state index contributed by atoms with van der Waals surface area (Å²) in [6.07, 6.45) is 14.1. The van der Waals surface area contributed by atoms with Gasteiger partial charge in [0.25, 0.3) is 0 Å². The van der Waals surface area contributed by atoms with Gasteiger partial charge in [-0.15, -0.1) is 0 Å². The molecule has 0 radical (unpaired) electrons. The van der Waals surface area contributed by atoms with Crippen LogP contribution in [-0.2, 0) is 0 Å². The topological polar surface area (TPSA) is 35.6 Å². The van der Waals surface area contributed by atoms with E-state index in [1.54, 1.807) is 0 Å². The largest absolute Gasteiger partial charge is 0.226 e. The molecule has 0 atom stereocenters. The van der Waals surface area contributed by atoms with Gasteiger partial charge in [-0.05, 0) is 54.8 Å². The number of hydrogen-bond acceptors (Lipinski definition) is 2. The second-order valence-corrected chi connectivity index (χ2v) is 12.3. The number of rotatable bonds is 7. The van der Waals surface area contributed by atoms with Gasteiger partial charge >= 0.3 is 0 Å². The molecule has 0 bridgehead atoms. The van der Waals surface area contributed by atoms with Crippen LogP contribution in [0.25, 0.3) is 56.4 Å². The second kappa shape index (κ2) is 12.9.